The first-order valence-electron chi connectivity index (χ1n) is 9.34. The Bertz CT molecular complexity index is 807. The molecule has 8 nitrogen and oxygen atoms in total. The number of H-pyrrole nitrogens is 1. The van der Waals surface area contributed by atoms with Crippen LogP contribution in [0.5, 0.6) is 5.75 Å². The van der Waals surface area contributed by atoms with Crippen molar-refractivity contribution in [2.75, 3.05) is 6.61 Å². The Morgan fingerprint density at radius 1 is 1.10 bits per heavy atom. The van der Waals surface area contributed by atoms with Crippen molar-refractivity contribution in [3.05, 3.63) is 60.2 Å². The highest BCUT2D eigenvalue weighted by molar-refractivity contribution is 5.98. The van der Waals surface area contributed by atoms with E-state index in [4.69, 9.17) is 14.9 Å². The maximum absolute atomic E-state index is 12.1. The van der Waals surface area contributed by atoms with Gasteiger partial charge in [0.25, 0.3) is 0 Å². The van der Waals surface area contributed by atoms with Crippen LogP contribution in [0.25, 0.3) is 0 Å². The minimum atomic E-state index is -1.26. The summed E-state index contributed by atoms with van der Waals surface area (Å²) >= 11 is 0. The van der Waals surface area contributed by atoms with Gasteiger partial charge in [0, 0.05) is 35.5 Å². The van der Waals surface area contributed by atoms with Crippen LogP contribution in [0.1, 0.15) is 41.7 Å². The van der Waals surface area contributed by atoms with Crippen molar-refractivity contribution >= 4 is 17.7 Å². The van der Waals surface area contributed by atoms with Crippen molar-refractivity contribution in [2.24, 2.45) is 5.92 Å². The molecule has 3 N–H and O–H groups in total. The SMILES string of the molecule is O=C(O)/C=C\C(=O)O.O=C(c1ccc(OCCCc2cnc[nH]2)cc1)C1CCC1. The predicted molar refractivity (Wildman–Crippen MR) is 105 cm³/mol. The van der Waals surface area contributed by atoms with Gasteiger partial charge in [0.2, 0.25) is 0 Å². The van der Waals surface area contributed by atoms with E-state index in [1.54, 1.807) is 6.33 Å². The molecule has 0 radical (unpaired) electrons. The number of Topliss-reactive ketones (excluding diaryl/α,β-unsaturated/α-hetero) is 1. The van der Waals surface area contributed by atoms with Gasteiger partial charge in [0.1, 0.15) is 5.75 Å². The fourth-order valence-electron chi connectivity index (χ4n) is 2.64. The molecular formula is C21H24N2O6. The van der Waals surface area contributed by atoms with Gasteiger partial charge in [-0.1, -0.05) is 6.42 Å². The van der Waals surface area contributed by atoms with Gasteiger partial charge >= 0.3 is 11.9 Å². The summed E-state index contributed by atoms with van der Waals surface area (Å²) in [5.74, 6) is -1.15. The third-order valence-electron chi connectivity index (χ3n) is 4.40. The first-order chi connectivity index (χ1) is 14.0. The number of carboxylic acid groups (broad SMARTS) is 2. The number of hydrogen-bond donors (Lipinski definition) is 3. The molecule has 1 aromatic carbocycles. The summed E-state index contributed by atoms with van der Waals surface area (Å²) in [6, 6.07) is 7.54. The number of carbonyl (C=O) groups is 3. The van der Waals surface area contributed by atoms with Crippen LogP contribution >= 0.6 is 0 Å². The monoisotopic (exact) mass is 400 g/mol. The zero-order valence-electron chi connectivity index (χ0n) is 15.9. The molecule has 2 aromatic rings. The van der Waals surface area contributed by atoms with Gasteiger partial charge in [-0.15, -0.1) is 0 Å². The van der Waals surface area contributed by atoms with Gasteiger partial charge in [-0.25, -0.2) is 14.6 Å². The second-order valence-electron chi connectivity index (χ2n) is 6.56. The molecule has 0 saturated heterocycles. The molecule has 154 valence electrons. The average molecular weight is 400 g/mol. The quantitative estimate of drug-likeness (QED) is 0.335. The number of ether oxygens (including phenoxy) is 1. The second kappa shape index (κ2) is 11.4. The summed E-state index contributed by atoms with van der Waals surface area (Å²) < 4.78 is 5.69. The van der Waals surface area contributed by atoms with Crippen molar-refractivity contribution in [3.63, 3.8) is 0 Å². The highest BCUT2D eigenvalue weighted by Gasteiger charge is 2.25. The van der Waals surface area contributed by atoms with E-state index < -0.39 is 11.9 Å². The summed E-state index contributed by atoms with van der Waals surface area (Å²) in [7, 11) is 0. The largest absolute Gasteiger partial charge is 0.494 e. The second-order valence-corrected chi connectivity index (χ2v) is 6.56. The first kappa shape index (κ1) is 21.9. The van der Waals surface area contributed by atoms with Gasteiger partial charge in [0.15, 0.2) is 5.78 Å². The lowest BCUT2D eigenvalue weighted by atomic mass is 9.80. The third kappa shape index (κ3) is 8.00. The molecule has 1 fully saturated rings. The Morgan fingerprint density at radius 3 is 2.24 bits per heavy atom. The molecule has 0 spiro atoms. The molecular weight excluding hydrogens is 376 g/mol. The Labute approximate surface area is 168 Å². The standard InChI is InChI=1S/C17H20N2O2.C4H4O4/c20-17(13-3-1-4-13)14-6-8-16(9-7-14)21-10-2-5-15-11-18-12-19-15;5-3(6)1-2-4(7)8/h6-9,11-13H,1-5,10H2,(H,18,19);1-2H,(H,5,6)(H,7,8)/b;2-1-. The molecule has 0 atom stereocenters. The lowest BCUT2D eigenvalue weighted by Gasteiger charge is -2.23. The van der Waals surface area contributed by atoms with E-state index in [0.29, 0.717) is 18.8 Å². The number of ketones is 1. The van der Waals surface area contributed by atoms with E-state index in [1.165, 1.54) is 6.42 Å². The van der Waals surface area contributed by atoms with Crippen LogP contribution in [0, 0.1) is 5.92 Å². The van der Waals surface area contributed by atoms with Crippen LogP contribution in [0.15, 0.2) is 48.9 Å². The van der Waals surface area contributed by atoms with E-state index in [9.17, 15) is 14.4 Å². The fourth-order valence-corrected chi connectivity index (χ4v) is 2.64. The predicted octanol–water partition coefficient (Wildman–Crippen LogP) is 3.12. The maximum Gasteiger partial charge on any atom is 0.328 e. The van der Waals surface area contributed by atoms with Crippen LogP contribution in [0.4, 0.5) is 0 Å². The topological polar surface area (TPSA) is 130 Å². The molecule has 29 heavy (non-hydrogen) atoms. The number of hydrogen-bond acceptors (Lipinski definition) is 5. The number of benzene rings is 1. The number of carboxylic acids is 2. The highest BCUT2D eigenvalue weighted by atomic mass is 16.5. The lowest BCUT2D eigenvalue weighted by Crippen LogP contribution is -2.21. The molecule has 0 bridgehead atoms. The number of carbonyl (C=O) groups excluding carboxylic acids is 1. The number of aliphatic carboxylic acids is 2. The number of nitrogens with zero attached hydrogens (tertiary/aromatic N) is 1. The molecule has 0 amide bonds. The minimum absolute atomic E-state index is 0.256. The van der Waals surface area contributed by atoms with Crippen molar-refractivity contribution < 1.29 is 29.3 Å². The number of rotatable bonds is 9. The molecule has 1 aliphatic carbocycles. The zero-order valence-corrected chi connectivity index (χ0v) is 15.9. The van der Waals surface area contributed by atoms with Crippen molar-refractivity contribution in [2.45, 2.75) is 32.1 Å². The molecule has 1 heterocycles. The van der Waals surface area contributed by atoms with Crippen molar-refractivity contribution in [1.82, 2.24) is 9.97 Å². The Kier molecular flexibility index (Phi) is 8.62. The smallest absolute Gasteiger partial charge is 0.328 e. The van der Waals surface area contributed by atoms with Gasteiger partial charge in [-0.2, -0.15) is 0 Å². The van der Waals surface area contributed by atoms with Crippen LogP contribution in [-0.2, 0) is 16.0 Å². The van der Waals surface area contributed by atoms with E-state index >= 15 is 0 Å². The van der Waals surface area contributed by atoms with Crippen molar-refractivity contribution in [3.8, 4) is 5.75 Å². The number of aromatic amines is 1. The van der Waals surface area contributed by atoms with E-state index in [0.717, 1.165) is 42.7 Å². The molecule has 8 heteroatoms. The van der Waals surface area contributed by atoms with Crippen molar-refractivity contribution in [1.29, 1.82) is 0 Å². The van der Waals surface area contributed by atoms with E-state index in [-0.39, 0.29) is 11.7 Å². The molecule has 3 rings (SSSR count). The molecule has 1 saturated carbocycles. The highest BCUT2D eigenvalue weighted by Crippen LogP contribution is 2.30. The van der Waals surface area contributed by atoms with Gasteiger partial charge in [-0.05, 0) is 49.9 Å². The minimum Gasteiger partial charge on any atom is -0.494 e. The van der Waals surface area contributed by atoms with Crippen LogP contribution in [0.2, 0.25) is 0 Å². The summed E-state index contributed by atoms with van der Waals surface area (Å²) in [6.07, 6.45) is 9.78. The van der Waals surface area contributed by atoms with Gasteiger partial charge < -0.3 is 19.9 Å². The molecule has 1 aliphatic rings. The maximum atomic E-state index is 12.1. The third-order valence-corrected chi connectivity index (χ3v) is 4.40. The Balaban J connectivity index is 0.000000321. The normalized spacial score (nSPS) is 13.2. The number of nitrogens with one attached hydrogen (secondary N) is 1. The Morgan fingerprint density at radius 2 is 1.76 bits per heavy atom. The van der Waals surface area contributed by atoms with Crippen LogP contribution < -0.4 is 4.74 Å². The van der Waals surface area contributed by atoms with E-state index in [2.05, 4.69) is 9.97 Å². The number of imidazole rings is 1. The first-order valence-corrected chi connectivity index (χ1v) is 9.34. The summed E-state index contributed by atoms with van der Waals surface area (Å²) in [5.41, 5.74) is 1.93. The zero-order chi connectivity index (χ0) is 21.1. The fraction of sp³-hybridized carbons (Fsp3) is 0.333. The molecule has 1 aromatic heterocycles. The molecule has 0 aliphatic heterocycles. The Hall–Kier alpha value is -3.42. The van der Waals surface area contributed by atoms with E-state index in [1.807, 2.05) is 30.5 Å². The van der Waals surface area contributed by atoms with Crippen LogP contribution in [-0.4, -0.2) is 44.5 Å². The average Bonchev–Trinajstić information content (AvgIpc) is 3.17. The number of aromatic nitrogens is 2. The van der Waals surface area contributed by atoms with Gasteiger partial charge in [0.05, 0.1) is 12.9 Å². The summed E-state index contributed by atoms with van der Waals surface area (Å²) in [5, 5.41) is 15.6. The molecule has 0 unspecified atom stereocenters. The van der Waals surface area contributed by atoms with Gasteiger partial charge in [-0.3, -0.25) is 4.79 Å². The van der Waals surface area contributed by atoms with Crippen LogP contribution in [0.3, 0.4) is 0 Å². The summed E-state index contributed by atoms with van der Waals surface area (Å²) in [6.45, 7) is 0.662. The lowest BCUT2D eigenvalue weighted by molar-refractivity contribution is -0.134. The number of aryl methyl sites for hydroxylation is 1. The summed E-state index contributed by atoms with van der Waals surface area (Å²) in [4.78, 5) is 38.2.